The highest BCUT2D eigenvalue weighted by Crippen LogP contribution is 2.22. The van der Waals surface area contributed by atoms with Gasteiger partial charge in [0.05, 0.1) is 19.6 Å². The van der Waals surface area contributed by atoms with Crippen molar-refractivity contribution in [1.29, 1.82) is 0 Å². The number of methoxy groups -OCH3 is 1. The van der Waals surface area contributed by atoms with Gasteiger partial charge in [0, 0.05) is 6.54 Å². The monoisotopic (exact) mass is 619 g/mol. The third-order valence-electron chi connectivity index (χ3n) is 7.68. The number of hydrogen-bond acceptors (Lipinski definition) is 9. The van der Waals surface area contributed by atoms with Crippen LogP contribution in [0.4, 0.5) is 4.79 Å². The van der Waals surface area contributed by atoms with Crippen molar-refractivity contribution in [3.63, 3.8) is 0 Å². The molecule has 2 N–H and O–H groups in total. The first-order valence-electron chi connectivity index (χ1n) is 15.1. The van der Waals surface area contributed by atoms with E-state index in [0.29, 0.717) is 31.6 Å². The quantitative estimate of drug-likeness (QED) is 0.271. The summed E-state index contributed by atoms with van der Waals surface area (Å²) in [5.74, 6) is -1.08. The van der Waals surface area contributed by atoms with Crippen molar-refractivity contribution in [3.05, 3.63) is 77.4 Å². The van der Waals surface area contributed by atoms with Gasteiger partial charge in [-0.2, -0.15) is 4.98 Å². The van der Waals surface area contributed by atoms with Gasteiger partial charge in [-0.15, -0.1) is 0 Å². The minimum absolute atomic E-state index is 0.0634. The molecule has 1 aromatic heterocycles. The molecule has 1 unspecified atom stereocenters. The maximum atomic E-state index is 13.6. The number of likely N-dealkylation sites (tertiary alicyclic amines) is 1. The van der Waals surface area contributed by atoms with Gasteiger partial charge >= 0.3 is 6.09 Å². The lowest BCUT2D eigenvalue weighted by Gasteiger charge is -2.31. The molecular formula is C33H41N5O7. The zero-order valence-corrected chi connectivity index (χ0v) is 26.3. The summed E-state index contributed by atoms with van der Waals surface area (Å²) in [5.41, 5.74) is 1.69. The topological polar surface area (TPSA) is 153 Å². The number of ether oxygens (including phenoxy) is 2. The van der Waals surface area contributed by atoms with Gasteiger partial charge in [-0.25, -0.2) is 4.79 Å². The van der Waals surface area contributed by atoms with Crippen LogP contribution in [0.2, 0.25) is 0 Å². The summed E-state index contributed by atoms with van der Waals surface area (Å²) in [5, 5.41) is 9.38. The lowest BCUT2D eigenvalue weighted by molar-refractivity contribution is -0.141. The van der Waals surface area contributed by atoms with Crippen LogP contribution in [0.25, 0.3) is 0 Å². The molecule has 0 radical (unpaired) electrons. The van der Waals surface area contributed by atoms with Gasteiger partial charge in [0.25, 0.3) is 0 Å². The Bertz CT molecular complexity index is 1470. The normalized spacial score (nSPS) is 15.9. The van der Waals surface area contributed by atoms with E-state index < -0.39 is 35.9 Å². The van der Waals surface area contributed by atoms with E-state index in [9.17, 15) is 19.2 Å². The number of ketones is 1. The molecule has 1 aliphatic heterocycles. The van der Waals surface area contributed by atoms with Crippen LogP contribution in [0, 0.1) is 11.8 Å². The van der Waals surface area contributed by atoms with Crippen molar-refractivity contribution in [2.75, 3.05) is 13.7 Å². The van der Waals surface area contributed by atoms with Crippen LogP contribution in [0.1, 0.15) is 68.2 Å². The molecule has 0 aliphatic carbocycles. The van der Waals surface area contributed by atoms with Crippen LogP contribution in [-0.4, -0.2) is 70.5 Å². The van der Waals surface area contributed by atoms with Crippen LogP contribution in [0.5, 0.6) is 5.75 Å². The SMILES string of the molecule is COc1cccc(Cc2nc(C(=O)[C@H](NC(=O)C3CCCN3C(=O)[C@@H](NC(=O)OCc3ccccc3)C(C)C)C(C)C)no2)c1. The van der Waals surface area contributed by atoms with Crippen molar-refractivity contribution in [3.8, 4) is 5.75 Å². The number of carbonyl (C=O) groups is 4. The lowest BCUT2D eigenvalue weighted by Crippen LogP contribution is -2.57. The number of nitrogens with one attached hydrogen (secondary N) is 2. The predicted molar refractivity (Wildman–Crippen MR) is 164 cm³/mol. The second kappa shape index (κ2) is 15.3. The molecule has 0 spiro atoms. The third kappa shape index (κ3) is 8.68. The number of nitrogens with zero attached hydrogens (tertiary/aromatic N) is 3. The molecule has 1 aliphatic rings. The fourth-order valence-electron chi connectivity index (χ4n) is 5.19. The van der Waals surface area contributed by atoms with Crippen molar-refractivity contribution in [2.45, 2.75) is 71.7 Å². The zero-order chi connectivity index (χ0) is 32.5. The van der Waals surface area contributed by atoms with Gasteiger partial charge in [-0.1, -0.05) is 75.3 Å². The third-order valence-corrected chi connectivity index (χ3v) is 7.68. The van der Waals surface area contributed by atoms with E-state index >= 15 is 0 Å². The molecule has 240 valence electrons. The van der Waals surface area contributed by atoms with Crippen molar-refractivity contribution < 1.29 is 33.2 Å². The molecule has 45 heavy (non-hydrogen) atoms. The highest BCUT2D eigenvalue weighted by Gasteiger charge is 2.40. The Morgan fingerprint density at radius 2 is 1.67 bits per heavy atom. The van der Waals surface area contributed by atoms with Gasteiger partial charge in [-0.3, -0.25) is 14.4 Å². The second-order valence-corrected chi connectivity index (χ2v) is 11.8. The highest BCUT2D eigenvalue weighted by atomic mass is 16.5. The fourth-order valence-corrected chi connectivity index (χ4v) is 5.19. The molecule has 3 aromatic rings. The Labute approximate surface area is 262 Å². The molecule has 3 amide bonds. The molecule has 12 heteroatoms. The summed E-state index contributed by atoms with van der Waals surface area (Å²) >= 11 is 0. The summed E-state index contributed by atoms with van der Waals surface area (Å²) in [6, 6.07) is 14.0. The Kier molecular flexibility index (Phi) is 11.3. The molecule has 12 nitrogen and oxygen atoms in total. The lowest BCUT2D eigenvalue weighted by atomic mass is 9.98. The molecule has 0 bridgehead atoms. The average molecular weight is 620 g/mol. The summed E-state index contributed by atoms with van der Waals surface area (Å²) in [7, 11) is 1.58. The largest absolute Gasteiger partial charge is 0.497 e. The van der Waals surface area contributed by atoms with Crippen LogP contribution in [0.3, 0.4) is 0 Å². The maximum Gasteiger partial charge on any atom is 0.408 e. The molecule has 0 saturated carbocycles. The Morgan fingerprint density at radius 3 is 2.36 bits per heavy atom. The van der Waals surface area contributed by atoms with Crippen molar-refractivity contribution >= 4 is 23.7 Å². The summed E-state index contributed by atoms with van der Waals surface area (Å²) in [4.78, 5) is 59.0. The molecule has 1 saturated heterocycles. The maximum absolute atomic E-state index is 13.6. The van der Waals surface area contributed by atoms with E-state index in [1.165, 1.54) is 4.90 Å². The Hall–Kier alpha value is -4.74. The van der Waals surface area contributed by atoms with Gasteiger partial charge in [0.15, 0.2) is 0 Å². The first kappa shape index (κ1) is 33.2. The Balaban J connectivity index is 1.39. The second-order valence-electron chi connectivity index (χ2n) is 11.8. The van der Waals surface area contributed by atoms with E-state index in [1.807, 2.05) is 68.4 Å². The van der Waals surface area contributed by atoms with Crippen molar-refractivity contribution in [1.82, 2.24) is 25.7 Å². The van der Waals surface area contributed by atoms with E-state index in [1.54, 1.807) is 21.0 Å². The minimum atomic E-state index is -0.940. The van der Waals surface area contributed by atoms with Gasteiger partial charge < -0.3 is 29.5 Å². The fraction of sp³-hybridized carbons (Fsp3) is 0.455. The summed E-state index contributed by atoms with van der Waals surface area (Å²) in [6.45, 7) is 7.64. The first-order chi connectivity index (χ1) is 21.6. The number of carbonyl (C=O) groups excluding carboxylic acids is 4. The van der Waals surface area contributed by atoms with E-state index in [0.717, 1.165) is 11.1 Å². The van der Waals surface area contributed by atoms with Crippen LogP contribution in [-0.2, 0) is 27.4 Å². The summed E-state index contributed by atoms with van der Waals surface area (Å²) < 4.78 is 15.9. The molecule has 1 fully saturated rings. The first-order valence-corrected chi connectivity index (χ1v) is 15.1. The van der Waals surface area contributed by atoms with Gasteiger partial charge in [0.1, 0.15) is 24.4 Å². The highest BCUT2D eigenvalue weighted by molar-refractivity contribution is 6.00. The van der Waals surface area contributed by atoms with Gasteiger partial charge in [-0.05, 0) is 47.9 Å². The molecule has 3 atom stereocenters. The van der Waals surface area contributed by atoms with Crippen molar-refractivity contribution in [2.24, 2.45) is 11.8 Å². The Morgan fingerprint density at radius 1 is 0.956 bits per heavy atom. The zero-order valence-electron chi connectivity index (χ0n) is 26.3. The van der Waals surface area contributed by atoms with E-state index in [-0.39, 0.29) is 36.1 Å². The van der Waals surface area contributed by atoms with Crippen LogP contribution >= 0.6 is 0 Å². The molecular weight excluding hydrogens is 578 g/mol. The molecule has 2 aromatic carbocycles. The number of Topliss-reactive ketones (excluding diaryl/α,β-unsaturated/α-hetero) is 1. The molecule has 4 rings (SSSR count). The smallest absolute Gasteiger partial charge is 0.408 e. The minimum Gasteiger partial charge on any atom is -0.497 e. The predicted octanol–water partition coefficient (Wildman–Crippen LogP) is 3.93. The van der Waals surface area contributed by atoms with E-state index in [2.05, 4.69) is 20.8 Å². The van der Waals surface area contributed by atoms with Crippen LogP contribution < -0.4 is 15.4 Å². The summed E-state index contributed by atoms with van der Waals surface area (Å²) in [6.07, 6.45) is 0.612. The standard InChI is InChI=1S/C33H41N5O7/c1-20(2)27(29(39)30-34-26(45-37-30)18-23-13-9-14-24(17-23)43-5)35-31(40)25-15-10-16-38(25)32(41)28(21(3)4)36-33(42)44-19-22-11-7-6-8-12-22/h6-9,11-14,17,20-21,25,27-28H,10,15-16,18-19H2,1-5H3,(H,35,40)(H,36,42)/t25?,27-,28+/m1/s1. The number of alkyl carbamates (subject to hydrolysis) is 1. The molecule has 2 heterocycles. The number of rotatable bonds is 13. The number of aromatic nitrogens is 2. The van der Waals surface area contributed by atoms with Crippen LogP contribution in [0.15, 0.2) is 59.1 Å². The van der Waals surface area contributed by atoms with E-state index in [4.69, 9.17) is 14.0 Å². The number of hydrogen-bond donors (Lipinski definition) is 2. The number of benzene rings is 2. The average Bonchev–Trinajstić information content (AvgIpc) is 3.71. The van der Waals surface area contributed by atoms with Gasteiger partial charge in [0.2, 0.25) is 29.3 Å². The number of amides is 3.